The van der Waals surface area contributed by atoms with Crippen LogP contribution in [0.2, 0.25) is 0 Å². The highest BCUT2D eigenvalue weighted by molar-refractivity contribution is 7.91. The Balaban J connectivity index is 1.82. The molecule has 0 bridgehead atoms. The van der Waals surface area contributed by atoms with Gasteiger partial charge in [0, 0.05) is 32.7 Å². The van der Waals surface area contributed by atoms with Gasteiger partial charge in [-0.05, 0) is 52.9 Å². The molecule has 2 aliphatic rings. The molecule has 1 aromatic rings. The quantitative estimate of drug-likeness (QED) is 0.228. The van der Waals surface area contributed by atoms with Gasteiger partial charge in [-0.2, -0.15) is 4.31 Å². The summed E-state index contributed by atoms with van der Waals surface area (Å²) in [6, 6.07) is -1.05. The first-order chi connectivity index (χ1) is 22.0. The Morgan fingerprint density at radius 2 is 1.65 bits per heavy atom. The van der Waals surface area contributed by atoms with Crippen molar-refractivity contribution in [2.45, 2.75) is 104 Å². The van der Waals surface area contributed by atoms with Gasteiger partial charge in [0.2, 0.25) is 17.6 Å². The van der Waals surface area contributed by atoms with Gasteiger partial charge in [-0.25, -0.2) is 13.2 Å². The minimum Gasteiger partial charge on any atom is -0.350 e. The molecule has 1 aromatic heterocycles. The number of likely N-dealkylation sites (tertiary alicyclic amines) is 1. The molecule has 15 heteroatoms. The van der Waals surface area contributed by atoms with Gasteiger partial charge in [0.1, 0.15) is 16.3 Å². The summed E-state index contributed by atoms with van der Waals surface area (Å²) in [6.45, 7) is 19.1. The first-order valence-corrected chi connectivity index (χ1v) is 18.8. The number of rotatable bonds is 13. The number of sulfonamides is 1. The van der Waals surface area contributed by atoms with Crippen molar-refractivity contribution in [2.24, 2.45) is 28.1 Å². The topological polar surface area (TPSA) is 174 Å². The van der Waals surface area contributed by atoms with Crippen LogP contribution in [0.4, 0.5) is 4.79 Å². The van der Waals surface area contributed by atoms with Crippen LogP contribution in [0.15, 0.2) is 21.7 Å². The standard InChI is InChI=1S/C33H54N6O7S2/c1-12-20(25(40)28(42)34-13-2)35-27(41)24-23-19(33(23,9)10)17-39(24)29(43)26(32(6,7)8)37-30(44)36-21(31(3,4)5)18-38(11)48(45,46)22-15-14-16-47-22/h14-16,19-21,23-24,26H,12-13,17-18H2,1-11H3,(H,34,42)(H,35,41)(H2,36,37,44)/t19-,20?,21+,23-,24-,26+/m0/s1. The molecule has 6 atom stereocenters. The van der Waals surface area contributed by atoms with E-state index in [0.717, 1.165) is 11.3 Å². The number of thiophene rings is 1. The number of urea groups is 1. The zero-order valence-electron chi connectivity index (χ0n) is 30.1. The number of carbonyl (C=O) groups is 5. The monoisotopic (exact) mass is 710 g/mol. The summed E-state index contributed by atoms with van der Waals surface area (Å²) in [5, 5.41) is 12.6. The number of fused-ring (bicyclic) bond motifs is 1. The third kappa shape index (κ3) is 8.39. The molecule has 13 nitrogen and oxygen atoms in total. The average molecular weight is 711 g/mol. The number of hydrogen-bond acceptors (Lipinski definition) is 8. The maximum Gasteiger partial charge on any atom is 0.315 e. The van der Waals surface area contributed by atoms with E-state index in [1.54, 1.807) is 25.3 Å². The van der Waals surface area contributed by atoms with Crippen LogP contribution in [-0.4, -0.2) is 98.0 Å². The number of ketones is 1. The molecule has 4 N–H and O–H groups in total. The molecule has 2 fully saturated rings. The van der Waals surface area contributed by atoms with E-state index in [2.05, 4.69) is 21.3 Å². The third-order valence-electron chi connectivity index (χ3n) is 9.70. The number of nitrogens with one attached hydrogen (secondary N) is 4. The first-order valence-electron chi connectivity index (χ1n) is 16.5. The molecule has 3 rings (SSSR count). The summed E-state index contributed by atoms with van der Waals surface area (Å²) in [7, 11) is -2.30. The van der Waals surface area contributed by atoms with Crippen molar-refractivity contribution in [3.8, 4) is 0 Å². The van der Waals surface area contributed by atoms with Crippen molar-refractivity contribution in [1.82, 2.24) is 30.5 Å². The van der Waals surface area contributed by atoms with Gasteiger partial charge in [0.15, 0.2) is 0 Å². The lowest BCUT2D eigenvalue weighted by Gasteiger charge is -2.39. The Morgan fingerprint density at radius 3 is 2.15 bits per heavy atom. The molecule has 48 heavy (non-hydrogen) atoms. The number of likely N-dealkylation sites (N-methyl/N-ethyl adjacent to an activating group) is 2. The van der Waals surface area contributed by atoms with Crippen LogP contribution in [0.1, 0.15) is 75.7 Å². The number of nitrogens with zero attached hydrogens (tertiary/aromatic N) is 2. The molecule has 1 aliphatic heterocycles. The fourth-order valence-electron chi connectivity index (χ4n) is 6.43. The minimum absolute atomic E-state index is 0.00824. The fourth-order valence-corrected chi connectivity index (χ4v) is 8.82. The smallest absolute Gasteiger partial charge is 0.315 e. The third-order valence-corrected chi connectivity index (χ3v) is 12.9. The summed E-state index contributed by atoms with van der Waals surface area (Å²) >= 11 is 1.11. The first kappa shape index (κ1) is 39.4. The average Bonchev–Trinajstić information content (AvgIpc) is 3.44. The molecule has 2 heterocycles. The van der Waals surface area contributed by atoms with Gasteiger partial charge in [-0.15, -0.1) is 11.3 Å². The highest BCUT2D eigenvalue weighted by Crippen LogP contribution is 2.65. The molecular formula is C33H54N6O7S2. The summed E-state index contributed by atoms with van der Waals surface area (Å²) in [5.74, 6) is -2.57. The lowest BCUT2D eigenvalue weighted by Crippen LogP contribution is -2.62. The predicted molar refractivity (Wildman–Crippen MR) is 184 cm³/mol. The van der Waals surface area contributed by atoms with Crippen LogP contribution in [-0.2, 0) is 29.2 Å². The Labute approximate surface area is 289 Å². The number of piperidine rings is 1. The summed E-state index contributed by atoms with van der Waals surface area (Å²) in [4.78, 5) is 68.2. The van der Waals surface area contributed by atoms with Crippen LogP contribution >= 0.6 is 11.3 Å². The van der Waals surface area contributed by atoms with E-state index in [0.29, 0.717) is 6.54 Å². The van der Waals surface area contributed by atoms with Gasteiger partial charge < -0.3 is 26.2 Å². The van der Waals surface area contributed by atoms with Crippen LogP contribution < -0.4 is 21.3 Å². The second kappa shape index (κ2) is 14.4. The van der Waals surface area contributed by atoms with Gasteiger partial charge in [0.05, 0.1) is 6.04 Å². The maximum atomic E-state index is 14.3. The molecular weight excluding hydrogens is 657 g/mol. The molecule has 0 radical (unpaired) electrons. The molecule has 1 saturated heterocycles. The molecule has 0 aromatic carbocycles. The lowest BCUT2D eigenvalue weighted by molar-refractivity contribution is -0.145. The largest absolute Gasteiger partial charge is 0.350 e. The van der Waals surface area contributed by atoms with Crippen LogP contribution in [0.5, 0.6) is 0 Å². The van der Waals surface area contributed by atoms with Gasteiger partial charge in [-0.1, -0.05) is 68.4 Å². The van der Waals surface area contributed by atoms with E-state index in [1.807, 2.05) is 55.4 Å². The van der Waals surface area contributed by atoms with E-state index in [9.17, 15) is 32.4 Å². The van der Waals surface area contributed by atoms with Crippen LogP contribution in [0, 0.1) is 28.1 Å². The summed E-state index contributed by atoms with van der Waals surface area (Å²) < 4.78 is 27.7. The Hall–Kier alpha value is -3.04. The van der Waals surface area contributed by atoms with Crippen molar-refractivity contribution in [3.05, 3.63) is 17.5 Å². The molecule has 0 spiro atoms. The van der Waals surface area contributed by atoms with Gasteiger partial charge in [-0.3, -0.25) is 19.2 Å². The lowest BCUT2D eigenvalue weighted by atomic mass is 9.85. The zero-order valence-corrected chi connectivity index (χ0v) is 31.7. The van der Waals surface area contributed by atoms with Crippen molar-refractivity contribution >= 4 is 50.9 Å². The number of hydrogen-bond donors (Lipinski definition) is 4. The van der Waals surface area contributed by atoms with Crippen molar-refractivity contribution in [1.29, 1.82) is 0 Å². The summed E-state index contributed by atoms with van der Waals surface area (Å²) in [6.07, 6.45) is 0.199. The van der Waals surface area contributed by atoms with Crippen molar-refractivity contribution in [3.63, 3.8) is 0 Å². The predicted octanol–water partition coefficient (Wildman–Crippen LogP) is 2.58. The van der Waals surface area contributed by atoms with E-state index < -0.39 is 74.6 Å². The van der Waals surface area contributed by atoms with Crippen molar-refractivity contribution < 1.29 is 32.4 Å². The van der Waals surface area contributed by atoms with E-state index in [-0.39, 0.29) is 41.0 Å². The number of carbonyl (C=O) groups excluding carboxylic acids is 5. The normalized spacial score (nSPS) is 22.2. The zero-order chi connectivity index (χ0) is 36.6. The Morgan fingerprint density at radius 1 is 1.02 bits per heavy atom. The second-order valence-electron chi connectivity index (χ2n) is 15.6. The maximum absolute atomic E-state index is 14.3. The Bertz CT molecular complexity index is 1480. The number of Topliss-reactive ketones (excluding diaryl/α,β-unsaturated/α-hetero) is 1. The van der Waals surface area contributed by atoms with E-state index >= 15 is 0 Å². The van der Waals surface area contributed by atoms with Gasteiger partial charge in [0.25, 0.3) is 15.9 Å². The van der Waals surface area contributed by atoms with Crippen molar-refractivity contribution in [2.75, 3.05) is 26.7 Å². The SMILES string of the molecule is CCNC(=O)C(=O)C(CC)NC(=O)[C@@H]1[C@@H]2[C@H](CN1C(=O)[C@@H](NC(=O)N[C@H](CN(C)S(=O)(=O)c1cccs1)C(C)(C)C)C(C)(C)C)C2(C)C. The minimum atomic E-state index is -3.77. The van der Waals surface area contributed by atoms with Crippen LogP contribution in [0.25, 0.3) is 0 Å². The second-order valence-corrected chi connectivity index (χ2v) is 18.9. The van der Waals surface area contributed by atoms with Gasteiger partial charge >= 0.3 is 6.03 Å². The molecule has 1 unspecified atom stereocenters. The number of amides is 5. The molecule has 1 aliphatic carbocycles. The highest BCUT2D eigenvalue weighted by atomic mass is 32.2. The van der Waals surface area contributed by atoms with E-state index in [4.69, 9.17) is 0 Å². The molecule has 5 amide bonds. The van der Waals surface area contributed by atoms with E-state index in [1.165, 1.54) is 22.3 Å². The Kier molecular flexibility index (Phi) is 11.9. The molecule has 1 saturated carbocycles. The molecule has 270 valence electrons. The fraction of sp³-hybridized carbons (Fsp3) is 0.727. The highest BCUT2D eigenvalue weighted by Gasteiger charge is 2.70. The van der Waals surface area contributed by atoms with Crippen LogP contribution in [0.3, 0.4) is 0 Å². The summed E-state index contributed by atoms with van der Waals surface area (Å²) in [5.41, 5.74) is -1.53.